The first-order valence-electron chi connectivity index (χ1n) is 11.3. The molecule has 1 amide bonds. The second-order valence-corrected chi connectivity index (χ2v) is 8.51. The fourth-order valence-corrected chi connectivity index (χ4v) is 3.87. The van der Waals surface area contributed by atoms with Crippen LogP contribution < -0.4 is 5.32 Å². The molecule has 1 aliphatic carbocycles. The Hall–Kier alpha value is -1.59. The van der Waals surface area contributed by atoms with E-state index in [9.17, 15) is 4.79 Å². The first-order valence-corrected chi connectivity index (χ1v) is 11.3. The predicted octanol–water partition coefficient (Wildman–Crippen LogP) is 5.00. The number of nitrogens with zero attached hydrogens (tertiary/aromatic N) is 1. The number of benzene rings is 1. The molecule has 0 heterocycles. The van der Waals surface area contributed by atoms with Crippen molar-refractivity contribution in [3.63, 3.8) is 0 Å². The molecule has 0 saturated heterocycles. The maximum absolute atomic E-state index is 11.8. The van der Waals surface area contributed by atoms with Gasteiger partial charge in [0.25, 0.3) is 0 Å². The highest BCUT2D eigenvalue weighted by atomic mass is 16.5. The van der Waals surface area contributed by atoms with Crippen molar-refractivity contribution in [1.82, 2.24) is 10.2 Å². The number of hydrogen-bond donors (Lipinski definition) is 1. The number of rotatable bonds is 13. The average molecular weight is 405 g/mol. The van der Waals surface area contributed by atoms with Crippen molar-refractivity contribution in [2.75, 3.05) is 33.8 Å². The zero-order valence-corrected chi connectivity index (χ0v) is 18.4. The molecule has 2 rings (SSSR count). The molecule has 0 aliphatic heterocycles. The van der Waals surface area contributed by atoms with Crippen molar-refractivity contribution in [3.05, 3.63) is 35.9 Å². The van der Waals surface area contributed by atoms with Crippen LogP contribution >= 0.6 is 0 Å². The van der Waals surface area contributed by atoms with Gasteiger partial charge in [-0.3, -0.25) is 0 Å². The van der Waals surface area contributed by atoms with Crippen molar-refractivity contribution in [1.29, 1.82) is 0 Å². The highest BCUT2D eigenvalue weighted by molar-refractivity contribution is 5.67. The summed E-state index contributed by atoms with van der Waals surface area (Å²) in [4.78, 5) is 14.0. The number of unbranched alkanes of at least 4 members (excludes halogenated alkanes) is 3. The van der Waals surface area contributed by atoms with Gasteiger partial charge in [-0.1, -0.05) is 43.2 Å². The number of carbonyl (C=O) groups excluding carboxylic acids is 1. The fourth-order valence-electron chi connectivity index (χ4n) is 3.87. The molecule has 0 unspecified atom stereocenters. The van der Waals surface area contributed by atoms with Crippen LogP contribution in [0.4, 0.5) is 4.79 Å². The summed E-state index contributed by atoms with van der Waals surface area (Å²) in [6, 6.07) is 9.77. The molecule has 0 atom stereocenters. The van der Waals surface area contributed by atoms with Crippen molar-refractivity contribution >= 4 is 6.09 Å². The Morgan fingerprint density at radius 1 is 1.03 bits per heavy atom. The van der Waals surface area contributed by atoms with Gasteiger partial charge in [0.2, 0.25) is 0 Å². The third kappa shape index (κ3) is 11.2. The van der Waals surface area contributed by atoms with Crippen LogP contribution in [0.5, 0.6) is 0 Å². The first-order chi connectivity index (χ1) is 14.1. The Bertz CT molecular complexity index is 542. The second kappa shape index (κ2) is 14.4. The first kappa shape index (κ1) is 23.7. The fraction of sp³-hybridized carbons (Fsp3) is 0.708. The number of hydrogen-bond acceptors (Lipinski definition) is 4. The zero-order valence-electron chi connectivity index (χ0n) is 18.4. The lowest BCUT2D eigenvalue weighted by Crippen LogP contribution is -2.28. The summed E-state index contributed by atoms with van der Waals surface area (Å²) in [5.74, 6) is 0.690. The summed E-state index contributed by atoms with van der Waals surface area (Å²) in [5, 5.41) is 2.88. The van der Waals surface area contributed by atoms with Gasteiger partial charge in [-0.2, -0.15) is 0 Å². The van der Waals surface area contributed by atoms with Crippen molar-refractivity contribution in [3.8, 4) is 0 Å². The summed E-state index contributed by atoms with van der Waals surface area (Å²) in [5.41, 5.74) is 1.01. The van der Waals surface area contributed by atoms with Gasteiger partial charge in [-0.25, -0.2) is 4.79 Å². The molecular formula is C24H40N2O3. The second-order valence-electron chi connectivity index (χ2n) is 8.51. The van der Waals surface area contributed by atoms with E-state index in [4.69, 9.17) is 9.47 Å². The largest absolute Gasteiger partial charge is 0.445 e. The maximum atomic E-state index is 11.8. The quantitative estimate of drug-likeness (QED) is 0.470. The minimum absolute atomic E-state index is 0.323. The molecule has 1 fully saturated rings. The standard InChI is InChI=1S/C24H40N2O3/c1-26(2)18-8-3-4-9-19-28-23-14-12-21(13-15-23)16-17-25-24(27)29-20-22-10-6-5-7-11-22/h5-7,10-11,21,23H,3-4,8-9,12-20H2,1-2H3,(H,25,27). The van der Waals surface area contributed by atoms with Gasteiger partial charge in [0.05, 0.1) is 6.10 Å². The highest BCUT2D eigenvalue weighted by Crippen LogP contribution is 2.28. The molecule has 1 aliphatic rings. The Labute approximate surface area is 177 Å². The van der Waals surface area contributed by atoms with Gasteiger partial charge in [-0.15, -0.1) is 0 Å². The van der Waals surface area contributed by atoms with E-state index in [-0.39, 0.29) is 6.09 Å². The van der Waals surface area contributed by atoms with E-state index in [1.54, 1.807) is 0 Å². The van der Waals surface area contributed by atoms with E-state index in [0.717, 1.165) is 31.4 Å². The third-order valence-electron chi connectivity index (χ3n) is 5.68. The van der Waals surface area contributed by atoms with Crippen LogP contribution in [0.15, 0.2) is 30.3 Å². The highest BCUT2D eigenvalue weighted by Gasteiger charge is 2.21. The molecule has 164 valence electrons. The predicted molar refractivity (Wildman–Crippen MR) is 118 cm³/mol. The summed E-state index contributed by atoms with van der Waals surface area (Å²) in [6.45, 7) is 3.11. The minimum Gasteiger partial charge on any atom is -0.445 e. The Morgan fingerprint density at radius 2 is 1.76 bits per heavy atom. The summed E-state index contributed by atoms with van der Waals surface area (Å²) in [7, 11) is 4.26. The number of amides is 1. The van der Waals surface area contributed by atoms with E-state index >= 15 is 0 Å². The monoisotopic (exact) mass is 404 g/mol. The molecule has 29 heavy (non-hydrogen) atoms. The van der Waals surface area contributed by atoms with Gasteiger partial charge in [-0.05, 0) is 77.1 Å². The topological polar surface area (TPSA) is 50.8 Å². The molecular weight excluding hydrogens is 364 g/mol. The summed E-state index contributed by atoms with van der Waals surface area (Å²) in [6.07, 6.45) is 10.9. The molecule has 0 bridgehead atoms. The lowest BCUT2D eigenvalue weighted by atomic mass is 9.85. The number of nitrogens with one attached hydrogen (secondary N) is 1. The number of carbonyl (C=O) groups is 1. The number of ether oxygens (including phenoxy) is 2. The maximum Gasteiger partial charge on any atom is 0.407 e. The minimum atomic E-state index is -0.323. The van der Waals surface area contributed by atoms with Crippen molar-refractivity contribution in [2.24, 2.45) is 5.92 Å². The number of alkyl carbamates (subject to hydrolysis) is 1. The third-order valence-corrected chi connectivity index (χ3v) is 5.68. The molecule has 5 nitrogen and oxygen atoms in total. The Balaban J connectivity index is 1.43. The van der Waals surface area contributed by atoms with Crippen LogP contribution in [0, 0.1) is 5.92 Å². The SMILES string of the molecule is CN(C)CCCCCCOC1CCC(CCNC(=O)OCc2ccccc2)CC1. The average Bonchev–Trinajstić information content (AvgIpc) is 2.73. The van der Waals surface area contributed by atoms with Gasteiger partial charge in [0.1, 0.15) is 6.61 Å². The van der Waals surface area contributed by atoms with E-state index < -0.39 is 0 Å². The molecule has 1 aromatic carbocycles. The van der Waals surface area contributed by atoms with E-state index in [1.807, 2.05) is 30.3 Å². The van der Waals surface area contributed by atoms with Crippen LogP contribution in [0.3, 0.4) is 0 Å². The van der Waals surface area contributed by atoms with Crippen molar-refractivity contribution in [2.45, 2.75) is 70.5 Å². The smallest absolute Gasteiger partial charge is 0.407 e. The summed E-state index contributed by atoms with van der Waals surface area (Å²) >= 11 is 0. The molecule has 0 spiro atoms. The molecule has 5 heteroatoms. The summed E-state index contributed by atoms with van der Waals surface area (Å²) < 4.78 is 11.3. The lowest BCUT2D eigenvalue weighted by Gasteiger charge is -2.28. The van der Waals surface area contributed by atoms with Crippen LogP contribution in [0.25, 0.3) is 0 Å². The van der Waals surface area contributed by atoms with Crippen molar-refractivity contribution < 1.29 is 14.3 Å². The van der Waals surface area contributed by atoms with E-state index in [2.05, 4.69) is 24.3 Å². The molecule has 1 aromatic rings. The lowest BCUT2D eigenvalue weighted by molar-refractivity contribution is 0.0153. The molecule has 1 N–H and O–H groups in total. The van der Waals surface area contributed by atoms with Gasteiger partial charge < -0.3 is 19.7 Å². The molecule has 1 saturated carbocycles. The molecule has 0 aromatic heterocycles. The van der Waals surface area contributed by atoms with Crippen LogP contribution in [0.1, 0.15) is 63.4 Å². The normalized spacial score (nSPS) is 19.3. The van der Waals surface area contributed by atoms with Gasteiger partial charge >= 0.3 is 6.09 Å². The van der Waals surface area contributed by atoms with Gasteiger partial charge in [0.15, 0.2) is 0 Å². The van der Waals surface area contributed by atoms with E-state index in [1.165, 1.54) is 45.1 Å². The van der Waals surface area contributed by atoms with Crippen LogP contribution in [-0.2, 0) is 16.1 Å². The molecule has 0 radical (unpaired) electrons. The van der Waals surface area contributed by atoms with Crippen LogP contribution in [-0.4, -0.2) is 50.9 Å². The van der Waals surface area contributed by atoms with Crippen LogP contribution in [0.2, 0.25) is 0 Å². The van der Waals surface area contributed by atoms with Gasteiger partial charge in [0, 0.05) is 13.2 Å². The Morgan fingerprint density at radius 3 is 2.48 bits per heavy atom. The Kier molecular flexibility index (Phi) is 11.8. The zero-order chi connectivity index (χ0) is 20.7. The van der Waals surface area contributed by atoms with E-state index in [0.29, 0.717) is 25.2 Å².